The van der Waals surface area contributed by atoms with Crippen LogP contribution in [-0.2, 0) is 9.59 Å². The van der Waals surface area contributed by atoms with Gasteiger partial charge in [0, 0.05) is 12.1 Å². The number of anilines is 1. The van der Waals surface area contributed by atoms with Crippen molar-refractivity contribution < 1.29 is 14.5 Å². The third kappa shape index (κ3) is 3.25. The molecule has 0 aromatic heterocycles. The third-order valence-electron chi connectivity index (χ3n) is 3.24. The largest absolute Gasteiger partial charge is 0.305 e. The highest BCUT2D eigenvalue weighted by atomic mass is 16.6. The molecule has 112 valence electrons. The average Bonchev–Trinajstić information content (AvgIpc) is 2.71. The van der Waals surface area contributed by atoms with Crippen molar-refractivity contribution in [2.24, 2.45) is 5.92 Å². The number of hydrogen-bond donors (Lipinski definition) is 1. The molecule has 1 aromatic carbocycles. The van der Waals surface area contributed by atoms with Crippen LogP contribution < -0.4 is 10.2 Å². The number of hydrogen-bond acceptors (Lipinski definition) is 5. The lowest BCUT2D eigenvalue weighted by molar-refractivity contribution is -0.384. The fourth-order valence-corrected chi connectivity index (χ4v) is 2.16. The van der Waals surface area contributed by atoms with E-state index in [2.05, 4.69) is 5.32 Å². The van der Waals surface area contributed by atoms with E-state index in [4.69, 9.17) is 0 Å². The van der Waals surface area contributed by atoms with Crippen molar-refractivity contribution in [3.8, 4) is 0 Å². The summed E-state index contributed by atoms with van der Waals surface area (Å²) in [6.45, 7) is 4.68. The van der Waals surface area contributed by atoms with Crippen molar-refractivity contribution in [2.75, 3.05) is 11.4 Å². The summed E-state index contributed by atoms with van der Waals surface area (Å²) in [5.41, 5.74) is 0.289. The lowest BCUT2D eigenvalue weighted by Crippen LogP contribution is -2.40. The highest BCUT2D eigenvalue weighted by Gasteiger charge is 2.39. The Morgan fingerprint density at radius 2 is 1.95 bits per heavy atom. The molecule has 0 unspecified atom stereocenters. The maximum absolute atomic E-state index is 12.3. The van der Waals surface area contributed by atoms with E-state index in [0.717, 1.165) is 4.90 Å². The second-order valence-electron chi connectivity index (χ2n) is 5.40. The summed E-state index contributed by atoms with van der Waals surface area (Å²) in [6, 6.07) is 4.88. The molecule has 1 aromatic rings. The summed E-state index contributed by atoms with van der Waals surface area (Å²) in [6.07, 6.45) is 0.114. The number of nitro groups is 1. The number of nitrogens with zero attached hydrogens (tertiary/aromatic N) is 2. The zero-order chi connectivity index (χ0) is 15.6. The van der Waals surface area contributed by atoms with Crippen molar-refractivity contribution in [3.63, 3.8) is 0 Å². The van der Waals surface area contributed by atoms with E-state index in [1.165, 1.54) is 24.3 Å². The molecule has 1 aliphatic heterocycles. The van der Waals surface area contributed by atoms with Crippen LogP contribution in [0.2, 0.25) is 0 Å². The maximum atomic E-state index is 12.3. The zero-order valence-electron chi connectivity index (χ0n) is 11.9. The fourth-order valence-electron chi connectivity index (χ4n) is 2.16. The van der Waals surface area contributed by atoms with E-state index >= 15 is 0 Å². The molecular weight excluding hydrogens is 274 g/mol. The van der Waals surface area contributed by atoms with Gasteiger partial charge in [-0.2, -0.15) is 0 Å². The van der Waals surface area contributed by atoms with Gasteiger partial charge in [0.1, 0.15) is 0 Å². The van der Waals surface area contributed by atoms with Crippen molar-refractivity contribution in [1.82, 2.24) is 5.32 Å². The lowest BCUT2D eigenvalue weighted by Gasteiger charge is -2.16. The second kappa shape index (κ2) is 6.01. The Bertz CT molecular complexity index is 568. The van der Waals surface area contributed by atoms with E-state index < -0.39 is 11.0 Å². The Hall–Kier alpha value is -2.28. The summed E-state index contributed by atoms with van der Waals surface area (Å²) in [7, 11) is 0. The number of non-ortho nitro benzene ring substituents is 1. The van der Waals surface area contributed by atoms with Crippen molar-refractivity contribution in [1.29, 1.82) is 0 Å². The molecule has 7 heteroatoms. The number of benzene rings is 1. The van der Waals surface area contributed by atoms with Crippen molar-refractivity contribution in [2.45, 2.75) is 26.3 Å². The minimum atomic E-state index is -0.523. The van der Waals surface area contributed by atoms with Crippen molar-refractivity contribution >= 4 is 23.2 Å². The number of nitrogens with one attached hydrogen (secondary N) is 1. The zero-order valence-corrected chi connectivity index (χ0v) is 11.9. The van der Waals surface area contributed by atoms with E-state index in [1.807, 2.05) is 13.8 Å². The van der Waals surface area contributed by atoms with Gasteiger partial charge in [-0.15, -0.1) is 0 Å². The third-order valence-corrected chi connectivity index (χ3v) is 3.24. The SMILES string of the molecule is CC(C)CN[C@@H]1CC(=O)N(c2ccc([N+](=O)[O-])cc2)C1=O. The number of amides is 2. The van der Waals surface area contributed by atoms with Crippen LogP contribution in [-0.4, -0.2) is 29.3 Å². The fraction of sp³-hybridized carbons (Fsp3) is 0.429. The van der Waals surface area contributed by atoms with Crippen LogP contribution in [0.4, 0.5) is 11.4 Å². The Balaban J connectivity index is 2.14. The van der Waals surface area contributed by atoms with Gasteiger partial charge in [-0.25, -0.2) is 4.90 Å². The second-order valence-corrected chi connectivity index (χ2v) is 5.40. The first kappa shape index (κ1) is 15.1. The van der Waals surface area contributed by atoms with Gasteiger partial charge in [0.2, 0.25) is 5.91 Å². The molecule has 1 heterocycles. The Labute approximate surface area is 122 Å². The smallest absolute Gasteiger partial charge is 0.269 e. The Kier molecular flexibility index (Phi) is 4.32. The van der Waals surface area contributed by atoms with Gasteiger partial charge >= 0.3 is 0 Å². The average molecular weight is 291 g/mol. The Morgan fingerprint density at radius 1 is 1.33 bits per heavy atom. The number of carbonyl (C=O) groups is 2. The maximum Gasteiger partial charge on any atom is 0.269 e. The standard InChI is InChI=1S/C14H17N3O4/c1-9(2)8-15-12-7-13(18)16(14(12)19)10-3-5-11(6-4-10)17(20)21/h3-6,9,12,15H,7-8H2,1-2H3/t12-/m1/s1. The van der Waals surface area contributed by atoms with E-state index in [-0.39, 0.29) is 23.9 Å². The molecule has 1 fully saturated rings. The van der Waals surface area contributed by atoms with Crippen LogP contribution in [0, 0.1) is 16.0 Å². The van der Waals surface area contributed by atoms with Crippen LogP contribution >= 0.6 is 0 Å². The molecule has 2 amide bonds. The van der Waals surface area contributed by atoms with Gasteiger partial charge in [-0.1, -0.05) is 13.8 Å². The molecule has 1 atom stereocenters. The summed E-state index contributed by atoms with van der Waals surface area (Å²) in [5.74, 6) is -0.231. The summed E-state index contributed by atoms with van der Waals surface area (Å²) >= 11 is 0. The van der Waals surface area contributed by atoms with Gasteiger partial charge in [-0.05, 0) is 24.6 Å². The lowest BCUT2D eigenvalue weighted by atomic mass is 10.2. The van der Waals surface area contributed by atoms with Gasteiger partial charge in [0.05, 0.1) is 23.1 Å². The normalized spacial score (nSPS) is 18.6. The number of nitro benzene ring substituents is 1. The first-order valence-electron chi connectivity index (χ1n) is 6.74. The highest BCUT2D eigenvalue weighted by molar-refractivity contribution is 6.22. The quantitative estimate of drug-likeness (QED) is 0.504. The summed E-state index contributed by atoms with van der Waals surface area (Å²) < 4.78 is 0. The van der Waals surface area contributed by atoms with E-state index in [1.54, 1.807) is 0 Å². The molecule has 7 nitrogen and oxygen atoms in total. The van der Waals surface area contributed by atoms with Crippen LogP contribution in [0.25, 0.3) is 0 Å². The monoisotopic (exact) mass is 291 g/mol. The minimum Gasteiger partial charge on any atom is -0.305 e. The molecule has 1 aliphatic rings. The molecule has 0 bridgehead atoms. The molecule has 1 saturated heterocycles. The predicted molar refractivity (Wildman–Crippen MR) is 76.8 cm³/mol. The first-order chi connectivity index (χ1) is 9.90. The van der Waals surface area contributed by atoms with Crippen LogP contribution in [0.3, 0.4) is 0 Å². The van der Waals surface area contributed by atoms with Crippen LogP contribution in [0.1, 0.15) is 20.3 Å². The summed E-state index contributed by atoms with van der Waals surface area (Å²) in [4.78, 5) is 35.4. The Morgan fingerprint density at radius 3 is 2.48 bits per heavy atom. The molecule has 0 spiro atoms. The van der Waals surface area contributed by atoms with Gasteiger partial charge in [0.25, 0.3) is 11.6 Å². The highest BCUT2D eigenvalue weighted by Crippen LogP contribution is 2.25. The van der Waals surface area contributed by atoms with Crippen LogP contribution in [0.5, 0.6) is 0 Å². The van der Waals surface area contributed by atoms with Gasteiger partial charge in [-0.3, -0.25) is 19.7 Å². The number of rotatable bonds is 5. The molecular formula is C14H17N3O4. The van der Waals surface area contributed by atoms with Gasteiger partial charge < -0.3 is 5.32 Å². The van der Waals surface area contributed by atoms with Crippen LogP contribution in [0.15, 0.2) is 24.3 Å². The topological polar surface area (TPSA) is 92.6 Å². The minimum absolute atomic E-state index is 0.0765. The van der Waals surface area contributed by atoms with E-state index in [0.29, 0.717) is 18.2 Å². The molecule has 0 aliphatic carbocycles. The molecule has 0 radical (unpaired) electrons. The van der Waals surface area contributed by atoms with E-state index in [9.17, 15) is 19.7 Å². The number of carbonyl (C=O) groups excluding carboxylic acids is 2. The molecule has 0 saturated carbocycles. The number of imide groups is 1. The molecule has 21 heavy (non-hydrogen) atoms. The molecule has 2 rings (SSSR count). The summed E-state index contributed by atoms with van der Waals surface area (Å²) in [5, 5.41) is 13.7. The predicted octanol–water partition coefficient (Wildman–Crippen LogP) is 1.47. The van der Waals surface area contributed by atoms with Gasteiger partial charge in [0.15, 0.2) is 0 Å². The van der Waals surface area contributed by atoms with Crippen molar-refractivity contribution in [3.05, 3.63) is 34.4 Å². The first-order valence-corrected chi connectivity index (χ1v) is 6.74. The molecule has 1 N–H and O–H groups in total.